The van der Waals surface area contributed by atoms with Crippen molar-refractivity contribution >= 4 is 11.9 Å². The predicted molar refractivity (Wildman–Crippen MR) is 71.1 cm³/mol. The van der Waals surface area contributed by atoms with Gasteiger partial charge >= 0.3 is 0 Å². The van der Waals surface area contributed by atoms with E-state index in [-0.39, 0.29) is 0 Å². The molecule has 0 radical (unpaired) electrons. The van der Waals surface area contributed by atoms with Crippen molar-refractivity contribution in [1.29, 1.82) is 0 Å². The highest BCUT2D eigenvalue weighted by atomic mass is 14.9. The maximum atomic E-state index is 4.64. The van der Waals surface area contributed by atoms with Crippen LogP contribution in [-0.2, 0) is 0 Å². The summed E-state index contributed by atoms with van der Waals surface area (Å²) in [4.78, 5) is 13.5. The molecule has 1 fully saturated rings. The summed E-state index contributed by atoms with van der Waals surface area (Å²) >= 11 is 0. The van der Waals surface area contributed by atoms with Gasteiger partial charge in [-0.1, -0.05) is 13.3 Å². The van der Waals surface area contributed by atoms with E-state index in [1.807, 2.05) is 27.0 Å². The topological polar surface area (TPSA) is 38.1 Å². The largest absolute Gasteiger partial charge is 0.258 e. The van der Waals surface area contributed by atoms with Crippen LogP contribution in [0.1, 0.15) is 56.2 Å². The van der Waals surface area contributed by atoms with E-state index in [0.29, 0.717) is 5.92 Å². The monoisotopic (exact) mass is 231 g/mol. The van der Waals surface area contributed by atoms with Gasteiger partial charge in [0.25, 0.3) is 0 Å². The third kappa shape index (κ3) is 2.54. The summed E-state index contributed by atoms with van der Waals surface area (Å²) in [6.07, 6.45) is 5.62. The molecule has 2 atom stereocenters. The van der Waals surface area contributed by atoms with Gasteiger partial charge < -0.3 is 0 Å². The van der Waals surface area contributed by atoms with Gasteiger partial charge in [0.05, 0.1) is 11.4 Å². The van der Waals surface area contributed by atoms with Crippen molar-refractivity contribution in [2.45, 2.75) is 52.9 Å². The van der Waals surface area contributed by atoms with E-state index < -0.39 is 0 Å². The molecule has 1 heterocycles. The summed E-state index contributed by atoms with van der Waals surface area (Å²) < 4.78 is 0. The lowest BCUT2D eigenvalue weighted by molar-refractivity contribution is 0.591. The Bertz CT molecular complexity index is 437. The van der Waals surface area contributed by atoms with E-state index in [0.717, 1.165) is 28.8 Å². The fourth-order valence-electron chi connectivity index (χ4n) is 2.76. The van der Waals surface area contributed by atoms with Crippen LogP contribution in [0.15, 0.2) is 4.99 Å². The number of rotatable bonds is 2. The van der Waals surface area contributed by atoms with Gasteiger partial charge in [0.2, 0.25) is 0 Å². The molecule has 1 aliphatic carbocycles. The summed E-state index contributed by atoms with van der Waals surface area (Å²) in [6, 6.07) is 0. The molecule has 1 aromatic rings. The number of aromatic nitrogens is 2. The first-order valence-corrected chi connectivity index (χ1v) is 6.45. The molecule has 0 amide bonds. The summed E-state index contributed by atoms with van der Waals surface area (Å²) in [7, 11) is 0. The molecule has 0 saturated heterocycles. The number of hydrogen-bond acceptors (Lipinski definition) is 3. The second kappa shape index (κ2) is 4.94. The van der Waals surface area contributed by atoms with Crippen LogP contribution in [0.5, 0.6) is 0 Å². The average Bonchev–Trinajstić information content (AvgIpc) is 2.68. The third-order valence-corrected chi connectivity index (χ3v) is 3.54. The SMILES string of the molecule is CC=Nc1c(C)nc(C)nc1C1CC[C@@H](C)C1. The lowest BCUT2D eigenvalue weighted by atomic mass is 10.00. The maximum absolute atomic E-state index is 4.64. The fraction of sp³-hybridized carbons (Fsp3) is 0.643. The highest BCUT2D eigenvalue weighted by Crippen LogP contribution is 2.41. The Morgan fingerprint density at radius 1 is 1.24 bits per heavy atom. The van der Waals surface area contributed by atoms with Crippen molar-refractivity contribution in [1.82, 2.24) is 9.97 Å². The number of aliphatic imine (C=N–C) groups is 1. The Morgan fingerprint density at radius 3 is 2.59 bits per heavy atom. The zero-order chi connectivity index (χ0) is 12.4. The molecule has 17 heavy (non-hydrogen) atoms. The van der Waals surface area contributed by atoms with Crippen LogP contribution in [0, 0.1) is 19.8 Å². The number of nitrogens with zero attached hydrogens (tertiary/aromatic N) is 3. The Morgan fingerprint density at radius 2 is 2.00 bits per heavy atom. The second-order valence-corrected chi connectivity index (χ2v) is 5.09. The van der Waals surface area contributed by atoms with Crippen molar-refractivity contribution in [3.63, 3.8) is 0 Å². The highest BCUT2D eigenvalue weighted by Gasteiger charge is 2.27. The van der Waals surface area contributed by atoms with Crippen LogP contribution in [0.4, 0.5) is 5.69 Å². The van der Waals surface area contributed by atoms with Gasteiger partial charge in [0.1, 0.15) is 11.5 Å². The first-order chi connectivity index (χ1) is 8.11. The lowest BCUT2D eigenvalue weighted by Crippen LogP contribution is -2.03. The maximum Gasteiger partial charge on any atom is 0.125 e. The van der Waals surface area contributed by atoms with Gasteiger partial charge in [-0.3, -0.25) is 4.99 Å². The Balaban J connectivity index is 2.43. The fourth-order valence-corrected chi connectivity index (χ4v) is 2.76. The van der Waals surface area contributed by atoms with Crippen molar-refractivity contribution < 1.29 is 0 Å². The number of hydrogen-bond donors (Lipinski definition) is 0. The van der Waals surface area contributed by atoms with Crippen molar-refractivity contribution in [2.75, 3.05) is 0 Å². The van der Waals surface area contributed by atoms with Crippen LogP contribution in [0.3, 0.4) is 0 Å². The van der Waals surface area contributed by atoms with Crippen molar-refractivity contribution in [3.8, 4) is 0 Å². The van der Waals surface area contributed by atoms with Crippen molar-refractivity contribution in [2.24, 2.45) is 10.9 Å². The van der Waals surface area contributed by atoms with E-state index in [9.17, 15) is 0 Å². The third-order valence-electron chi connectivity index (χ3n) is 3.54. The highest BCUT2D eigenvalue weighted by molar-refractivity contribution is 5.63. The van der Waals surface area contributed by atoms with E-state index in [4.69, 9.17) is 0 Å². The van der Waals surface area contributed by atoms with Gasteiger partial charge in [-0.25, -0.2) is 9.97 Å². The molecule has 3 nitrogen and oxygen atoms in total. The first kappa shape index (κ1) is 12.2. The molecule has 0 aliphatic heterocycles. The average molecular weight is 231 g/mol. The predicted octanol–water partition coefficient (Wildman–Crippen LogP) is 3.72. The van der Waals surface area contributed by atoms with E-state index in [2.05, 4.69) is 21.9 Å². The standard InChI is InChI=1S/C14H21N3/c1-5-15-13-10(3)16-11(4)17-14(13)12-7-6-9(2)8-12/h5,9,12H,6-8H2,1-4H3/t9-,12?/m1/s1. The molecule has 1 unspecified atom stereocenters. The zero-order valence-electron chi connectivity index (χ0n) is 11.2. The molecule has 0 spiro atoms. The van der Waals surface area contributed by atoms with Crippen LogP contribution in [-0.4, -0.2) is 16.2 Å². The molecule has 92 valence electrons. The molecular weight excluding hydrogens is 210 g/mol. The quantitative estimate of drug-likeness (QED) is 0.727. The molecule has 1 aliphatic rings. The van der Waals surface area contributed by atoms with Crippen LogP contribution < -0.4 is 0 Å². The van der Waals surface area contributed by atoms with Crippen molar-refractivity contribution in [3.05, 3.63) is 17.2 Å². The summed E-state index contributed by atoms with van der Waals surface area (Å²) in [5.41, 5.74) is 3.17. The van der Waals surface area contributed by atoms with E-state index >= 15 is 0 Å². The minimum Gasteiger partial charge on any atom is -0.258 e. The molecule has 0 bridgehead atoms. The molecular formula is C14H21N3. The lowest BCUT2D eigenvalue weighted by Gasteiger charge is -2.14. The second-order valence-electron chi connectivity index (χ2n) is 5.09. The Kier molecular flexibility index (Phi) is 3.55. The number of aryl methyl sites for hydroxylation is 2. The summed E-state index contributed by atoms with van der Waals surface area (Å²) in [5.74, 6) is 2.25. The zero-order valence-corrected chi connectivity index (χ0v) is 11.2. The molecule has 0 N–H and O–H groups in total. The minimum atomic E-state index is 0.573. The van der Waals surface area contributed by atoms with Crippen LogP contribution >= 0.6 is 0 Å². The van der Waals surface area contributed by atoms with Crippen LogP contribution in [0.2, 0.25) is 0 Å². The minimum absolute atomic E-state index is 0.573. The Hall–Kier alpha value is -1.25. The summed E-state index contributed by atoms with van der Waals surface area (Å²) in [5, 5.41) is 0. The smallest absolute Gasteiger partial charge is 0.125 e. The molecule has 2 rings (SSSR count). The van der Waals surface area contributed by atoms with E-state index in [1.54, 1.807) is 0 Å². The normalized spacial score (nSPS) is 24.7. The molecule has 1 aromatic heterocycles. The molecule has 1 saturated carbocycles. The van der Waals surface area contributed by atoms with Gasteiger partial charge in [-0.15, -0.1) is 0 Å². The Labute approximate surface area is 103 Å². The molecule has 3 heteroatoms. The van der Waals surface area contributed by atoms with Gasteiger partial charge in [0.15, 0.2) is 0 Å². The molecule has 0 aromatic carbocycles. The van der Waals surface area contributed by atoms with Crippen LogP contribution in [0.25, 0.3) is 0 Å². The first-order valence-electron chi connectivity index (χ1n) is 6.45. The summed E-state index contributed by atoms with van der Waals surface area (Å²) in [6.45, 7) is 8.26. The van der Waals surface area contributed by atoms with Gasteiger partial charge in [-0.05, 0) is 39.5 Å². The van der Waals surface area contributed by atoms with Gasteiger partial charge in [0, 0.05) is 12.1 Å². The van der Waals surface area contributed by atoms with E-state index in [1.165, 1.54) is 19.3 Å². The van der Waals surface area contributed by atoms with Gasteiger partial charge in [-0.2, -0.15) is 0 Å².